The number of nitrogens with zero attached hydrogens (tertiary/aromatic N) is 3. The quantitative estimate of drug-likeness (QED) is 0.192. The van der Waals surface area contributed by atoms with Gasteiger partial charge in [0.2, 0.25) is 0 Å². The Morgan fingerprint density at radius 1 is 1.30 bits per heavy atom. The SMILES string of the molecule is CCOP(=O)(OCC)C(=[N+]=[N-])c1ccc([N+](=O)[O-])cc1. The van der Waals surface area contributed by atoms with E-state index in [1.807, 2.05) is 0 Å². The number of hydrogen-bond donors (Lipinski definition) is 0. The maximum atomic E-state index is 12.5. The van der Waals surface area contributed by atoms with Crippen molar-refractivity contribution in [3.63, 3.8) is 0 Å². The zero-order valence-electron chi connectivity index (χ0n) is 11.1. The second kappa shape index (κ2) is 7.07. The van der Waals surface area contributed by atoms with Crippen LogP contribution in [0.4, 0.5) is 5.69 Å². The minimum Gasteiger partial charge on any atom is -0.360 e. The molecule has 0 spiro atoms. The van der Waals surface area contributed by atoms with Crippen molar-refractivity contribution < 1.29 is 23.3 Å². The van der Waals surface area contributed by atoms with E-state index >= 15 is 0 Å². The van der Waals surface area contributed by atoms with Gasteiger partial charge in [-0.05, 0) is 26.0 Å². The van der Waals surface area contributed by atoms with Crippen molar-refractivity contribution in [2.75, 3.05) is 13.2 Å². The van der Waals surface area contributed by atoms with Crippen molar-refractivity contribution in [3.8, 4) is 0 Å². The lowest BCUT2D eigenvalue weighted by Gasteiger charge is -2.12. The van der Waals surface area contributed by atoms with Gasteiger partial charge in [-0.3, -0.25) is 10.1 Å². The van der Waals surface area contributed by atoms with Crippen LogP contribution >= 0.6 is 7.60 Å². The van der Waals surface area contributed by atoms with E-state index in [0.29, 0.717) is 0 Å². The third-order valence-electron chi connectivity index (χ3n) is 2.29. The maximum Gasteiger partial charge on any atom is 0.442 e. The van der Waals surface area contributed by atoms with Gasteiger partial charge in [0, 0.05) is 12.1 Å². The topological polar surface area (TPSA) is 115 Å². The Hall–Kier alpha value is -1.85. The van der Waals surface area contributed by atoms with E-state index in [2.05, 4.69) is 4.79 Å². The molecule has 1 aromatic carbocycles. The summed E-state index contributed by atoms with van der Waals surface area (Å²) in [5.41, 5.74) is 8.88. The highest BCUT2D eigenvalue weighted by atomic mass is 31.2. The second-order valence-corrected chi connectivity index (χ2v) is 5.50. The van der Waals surface area contributed by atoms with E-state index in [9.17, 15) is 14.7 Å². The summed E-state index contributed by atoms with van der Waals surface area (Å²) >= 11 is 0. The van der Waals surface area contributed by atoms with Gasteiger partial charge in [0.15, 0.2) is 0 Å². The van der Waals surface area contributed by atoms with Crippen molar-refractivity contribution in [1.29, 1.82) is 0 Å². The van der Waals surface area contributed by atoms with Gasteiger partial charge in [-0.2, -0.15) is 4.79 Å². The average molecular weight is 299 g/mol. The average Bonchev–Trinajstić information content (AvgIpc) is 2.40. The van der Waals surface area contributed by atoms with Crippen LogP contribution in [0.2, 0.25) is 0 Å². The molecule has 0 atom stereocenters. The van der Waals surface area contributed by atoms with Gasteiger partial charge in [0.1, 0.15) is 0 Å². The van der Waals surface area contributed by atoms with Gasteiger partial charge in [0.05, 0.1) is 23.7 Å². The number of benzene rings is 1. The number of nitro benzene ring substituents is 1. The first-order chi connectivity index (χ1) is 9.48. The molecule has 1 rings (SSSR count). The minimum absolute atomic E-state index is 0.100. The zero-order chi connectivity index (χ0) is 15.2. The van der Waals surface area contributed by atoms with Crippen LogP contribution in [0.5, 0.6) is 0 Å². The first-order valence-electron chi connectivity index (χ1n) is 5.85. The minimum atomic E-state index is -3.76. The lowest BCUT2D eigenvalue weighted by molar-refractivity contribution is -0.384. The summed E-state index contributed by atoms with van der Waals surface area (Å²) < 4.78 is 22.6. The first kappa shape index (κ1) is 16.2. The van der Waals surface area contributed by atoms with Crippen LogP contribution in [0.3, 0.4) is 0 Å². The Labute approximate surface area is 115 Å². The molecular formula is C11H14N3O5P. The summed E-state index contributed by atoms with van der Waals surface area (Å²) in [5.74, 6) is 0. The molecular weight excluding hydrogens is 285 g/mol. The van der Waals surface area contributed by atoms with Gasteiger partial charge in [-0.1, -0.05) is 0 Å². The third-order valence-corrected chi connectivity index (χ3v) is 4.35. The normalized spacial score (nSPS) is 10.9. The third kappa shape index (κ3) is 3.59. The predicted molar refractivity (Wildman–Crippen MR) is 71.7 cm³/mol. The number of nitro groups is 1. The zero-order valence-corrected chi connectivity index (χ0v) is 11.9. The summed E-state index contributed by atoms with van der Waals surface area (Å²) in [5, 5.41) is 10.6. The van der Waals surface area contributed by atoms with Crippen LogP contribution in [-0.2, 0) is 13.6 Å². The fourth-order valence-corrected chi connectivity index (χ4v) is 3.08. The van der Waals surface area contributed by atoms with Gasteiger partial charge < -0.3 is 14.6 Å². The Kier molecular flexibility index (Phi) is 5.73. The van der Waals surface area contributed by atoms with Crippen LogP contribution in [0.25, 0.3) is 5.53 Å². The molecule has 0 bridgehead atoms. The van der Waals surface area contributed by atoms with Gasteiger partial charge in [-0.15, -0.1) is 0 Å². The fraction of sp³-hybridized carbons (Fsp3) is 0.364. The molecule has 0 saturated heterocycles. The van der Waals surface area contributed by atoms with Crippen LogP contribution in [0.15, 0.2) is 24.3 Å². The molecule has 0 aliphatic carbocycles. The smallest absolute Gasteiger partial charge is 0.360 e. The molecule has 108 valence electrons. The predicted octanol–water partition coefficient (Wildman–Crippen LogP) is 2.84. The lowest BCUT2D eigenvalue weighted by Crippen LogP contribution is -2.10. The maximum absolute atomic E-state index is 12.5. The molecule has 0 fully saturated rings. The van der Waals surface area contributed by atoms with E-state index in [1.54, 1.807) is 13.8 Å². The summed E-state index contributed by atoms with van der Waals surface area (Å²) in [6.45, 7) is 3.44. The summed E-state index contributed by atoms with van der Waals surface area (Å²) in [4.78, 5) is 13.0. The molecule has 0 radical (unpaired) electrons. The van der Waals surface area contributed by atoms with Crippen LogP contribution in [0.1, 0.15) is 19.4 Å². The number of non-ortho nitro benzene ring substituents is 1. The molecule has 8 nitrogen and oxygen atoms in total. The van der Waals surface area contributed by atoms with Crippen molar-refractivity contribution >= 4 is 18.7 Å². The van der Waals surface area contributed by atoms with E-state index in [0.717, 1.165) is 0 Å². The highest BCUT2D eigenvalue weighted by molar-refractivity contribution is 7.72. The monoisotopic (exact) mass is 299 g/mol. The summed E-state index contributed by atoms with van der Waals surface area (Å²) in [6, 6.07) is 5.06. The van der Waals surface area contributed by atoms with Crippen molar-refractivity contribution in [1.82, 2.24) is 0 Å². The highest BCUT2D eigenvalue weighted by Gasteiger charge is 2.41. The Morgan fingerprint density at radius 3 is 2.15 bits per heavy atom. The van der Waals surface area contributed by atoms with E-state index in [-0.39, 0.29) is 29.9 Å². The molecule has 0 amide bonds. The number of rotatable bonds is 7. The van der Waals surface area contributed by atoms with Crippen LogP contribution in [-0.4, -0.2) is 28.4 Å². The second-order valence-electron chi connectivity index (χ2n) is 3.56. The standard InChI is InChI=1S/C11H14N3O5P/c1-3-18-20(17,19-4-2)11(13-12)9-5-7-10(8-6-9)14(15)16/h5-8H,3-4H2,1-2H3. The summed E-state index contributed by atoms with van der Waals surface area (Å²) in [6.07, 6.45) is 0. The molecule has 20 heavy (non-hydrogen) atoms. The first-order valence-corrected chi connectivity index (χ1v) is 7.39. The molecule has 1 aromatic rings. The van der Waals surface area contributed by atoms with Crippen molar-refractivity contribution in [2.45, 2.75) is 13.8 Å². The molecule has 0 aromatic heterocycles. The molecule has 0 aliphatic heterocycles. The van der Waals surface area contributed by atoms with Gasteiger partial charge in [-0.25, -0.2) is 4.57 Å². The van der Waals surface area contributed by atoms with Crippen molar-refractivity contribution in [2.24, 2.45) is 0 Å². The van der Waals surface area contributed by atoms with E-state index in [4.69, 9.17) is 14.6 Å². The van der Waals surface area contributed by atoms with Crippen LogP contribution < -0.4 is 0 Å². The summed E-state index contributed by atoms with van der Waals surface area (Å²) in [7, 11) is -3.76. The van der Waals surface area contributed by atoms with Gasteiger partial charge in [0.25, 0.3) is 5.69 Å². The van der Waals surface area contributed by atoms with E-state index < -0.39 is 12.5 Å². The highest BCUT2D eigenvalue weighted by Crippen LogP contribution is 2.50. The number of hydrogen-bond acceptors (Lipinski definition) is 5. The Morgan fingerprint density at radius 2 is 1.80 bits per heavy atom. The largest absolute Gasteiger partial charge is 0.442 e. The Bertz CT molecular complexity index is 570. The van der Waals surface area contributed by atoms with Crippen LogP contribution in [0, 0.1) is 10.1 Å². The molecule has 9 heteroatoms. The Balaban J connectivity index is 3.21. The fourth-order valence-electron chi connectivity index (χ4n) is 1.50. The molecule has 0 saturated carbocycles. The molecule has 0 unspecified atom stereocenters. The molecule has 0 N–H and O–H groups in total. The van der Waals surface area contributed by atoms with E-state index in [1.165, 1.54) is 24.3 Å². The molecule has 0 heterocycles. The lowest BCUT2D eigenvalue weighted by atomic mass is 10.2. The van der Waals surface area contributed by atoms with Crippen molar-refractivity contribution in [3.05, 3.63) is 45.5 Å². The van der Waals surface area contributed by atoms with Gasteiger partial charge >= 0.3 is 13.0 Å². The molecule has 0 aliphatic rings.